The largest absolute Gasteiger partial charge is 0.393 e. The zero-order valence-electron chi connectivity index (χ0n) is 9.11. The van der Waals surface area contributed by atoms with E-state index in [1.165, 1.54) is 0 Å². The van der Waals surface area contributed by atoms with E-state index < -0.39 is 0 Å². The summed E-state index contributed by atoms with van der Waals surface area (Å²) in [6.45, 7) is 2.96. The van der Waals surface area contributed by atoms with Crippen molar-refractivity contribution in [2.45, 2.75) is 44.7 Å². The normalized spacial score (nSPS) is 24.7. The molecule has 1 aliphatic heterocycles. The van der Waals surface area contributed by atoms with Crippen LogP contribution in [0.15, 0.2) is 0 Å². The van der Waals surface area contributed by atoms with E-state index in [2.05, 4.69) is 4.90 Å². The number of likely N-dealkylation sites (tertiary alicyclic amines) is 1. The Balaban J connectivity index is 2.62. The number of carbonyl (C=O) groups is 1. The van der Waals surface area contributed by atoms with E-state index in [-0.39, 0.29) is 18.0 Å². The van der Waals surface area contributed by atoms with Crippen LogP contribution in [-0.2, 0) is 4.79 Å². The fourth-order valence-corrected chi connectivity index (χ4v) is 2.44. The van der Waals surface area contributed by atoms with Crippen LogP contribution in [0.2, 0.25) is 0 Å². The molecule has 2 unspecified atom stereocenters. The van der Waals surface area contributed by atoms with Crippen LogP contribution >= 0.6 is 12.2 Å². The Morgan fingerprint density at radius 2 is 2.20 bits per heavy atom. The van der Waals surface area contributed by atoms with Gasteiger partial charge in [-0.15, -0.1) is 0 Å². The molecule has 0 aromatic rings. The molecule has 1 aliphatic rings. The average molecular weight is 229 g/mol. The van der Waals surface area contributed by atoms with Gasteiger partial charge in [-0.25, -0.2) is 0 Å². The number of primary amides is 1. The van der Waals surface area contributed by atoms with Gasteiger partial charge in [0.15, 0.2) is 0 Å². The van der Waals surface area contributed by atoms with Gasteiger partial charge in [0.05, 0.1) is 11.0 Å². The molecule has 0 aliphatic carbocycles. The fourth-order valence-electron chi connectivity index (χ4n) is 2.20. The second-order valence-corrected chi connectivity index (χ2v) is 4.70. The van der Waals surface area contributed by atoms with Crippen LogP contribution in [0.4, 0.5) is 0 Å². The lowest BCUT2D eigenvalue weighted by atomic mass is 9.98. The summed E-state index contributed by atoms with van der Waals surface area (Å²) in [7, 11) is 0. The van der Waals surface area contributed by atoms with Crippen molar-refractivity contribution in [2.75, 3.05) is 6.54 Å². The van der Waals surface area contributed by atoms with Crippen molar-refractivity contribution >= 4 is 23.1 Å². The van der Waals surface area contributed by atoms with Crippen LogP contribution in [0.1, 0.15) is 32.6 Å². The second kappa shape index (κ2) is 5.42. The van der Waals surface area contributed by atoms with Crippen LogP contribution in [0.3, 0.4) is 0 Å². The molecule has 0 radical (unpaired) electrons. The SMILES string of the molecule is CC(CC(N)=S)N1CCCCC1C(N)=O. The van der Waals surface area contributed by atoms with Crippen molar-refractivity contribution in [1.29, 1.82) is 0 Å². The maximum Gasteiger partial charge on any atom is 0.234 e. The highest BCUT2D eigenvalue weighted by molar-refractivity contribution is 7.80. The first-order chi connectivity index (χ1) is 7.02. The molecule has 0 spiro atoms. The molecule has 1 saturated heterocycles. The van der Waals surface area contributed by atoms with Crippen molar-refractivity contribution in [2.24, 2.45) is 11.5 Å². The summed E-state index contributed by atoms with van der Waals surface area (Å²) >= 11 is 4.88. The molecule has 1 amide bonds. The van der Waals surface area contributed by atoms with E-state index in [1.807, 2.05) is 6.92 Å². The highest BCUT2D eigenvalue weighted by Gasteiger charge is 2.30. The van der Waals surface area contributed by atoms with Gasteiger partial charge in [-0.05, 0) is 26.3 Å². The van der Waals surface area contributed by atoms with E-state index in [0.717, 1.165) is 25.8 Å². The van der Waals surface area contributed by atoms with Crippen LogP contribution in [0.5, 0.6) is 0 Å². The number of carbonyl (C=O) groups excluding carboxylic acids is 1. The third-order valence-electron chi connectivity index (χ3n) is 2.94. The Kier molecular flexibility index (Phi) is 4.47. The van der Waals surface area contributed by atoms with Gasteiger partial charge in [-0.1, -0.05) is 18.6 Å². The fraction of sp³-hybridized carbons (Fsp3) is 0.800. The lowest BCUT2D eigenvalue weighted by Gasteiger charge is -2.38. The van der Waals surface area contributed by atoms with Gasteiger partial charge in [0.2, 0.25) is 5.91 Å². The number of nitrogens with zero attached hydrogens (tertiary/aromatic N) is 1. The van der Waals surface area contributed by atoms with Gasteiger partial charge in [-0.2, -0.15) is 0 Å². The Bertz CT molecular complexity index is 257. The molecule has 0 bridgehead atoms. The average Bonchev–Trinajstić information content (AvgIpc) is 2.16. The molecule has 4 N–H and O–H groups in total. The van der Waals surface area contributed by atoms with Crippen molar-refractivity contribution in [3.05, 3.63) is 0 Å². The highest BCUT2D eigenvalue weighted by atomic mass is 32.1. The van der Waals surface area contributed by atoms with E-state index in [9.17, 15) is 4.79 Å². The summed E-state index contributed by atoms with van der Waals surface area (Å²) in [5.74, 6) is -0.232. The number of hydrogen-bond acceptors (Lipinski definition) is 3. The van der Waals surface area contributed by atoms with E-state index in [4.69, 9.17) is 23.7 Å². The molecule has 4 nitrogen and oxygen atoms in total. The maximum absolute atomic E-state index is 11.3. The van der Waals surface area contributed by atoms with Gasteiger partial charge < -0.3 is 11.5 Å². The van der Waals surface area contributed by atoms with Crippen molar-refractivity contribution in [3.63, 3.8) is 0 Å². The first-order valence-corrected chi connectivity index (χ1v) is 5.76. The minimum atomic E-state index is -0.232. The molecule has 1 fully saturated rings. The number of hydrogen-bond donors (Lipinski definition) is 2. The van der Waals surface area contributed by atoms with Crippen molar-refractivity contribution < 1.29 is 4.79 Å². The molecule has 1 rings (SSSR count). The number of amides is 1. The quantitative estimate of drug-likeness (QED) is 0.684. The summed E-state index contributed by atoms with van der Waals surface area (Å²) in [6.07, 6.45) is 3.70. The summed E-state index contributed by atoms with van der Waals surface area (Å²) in [4.78, 5) is 13.9. The minimum absolute atomic E-state index is 0.136. The van der Waals surface area contributed by atoms with Crippen LogP contribution in [0, 0.1) is 0 Å². The third-order valence-corrected chi connectivity index (χ3v) is 3.10. The van der Waals surface area contributed by atoms with E-state index in [1.54, 1.807) is 0 Å². The Morgan fingerprint density at radius 1 is 1.53 bits per heavy atom. The summed E-state index contributed by atoms with van der Waals surface area (Å²) < 4.78 is 0. The third kappa shape index (κ3) is 3.43. The number of rotatable bonds is 4. The molecular formula is C10H19N3OS. The Hall–Kier alpha value is -0.680. The predicted octanol–water partition coefficient (Wildman–Crippen LogP) is 0.391. The van der Waals surface area contributed by atoms with Gasteiger partial charge in [0.1, 0.15) is 0 Å². The first kappa shape index (κ1) is 12.4. The number of nitrogens with two attached hydrogens (primary N) is 2. The van der Waals surface area contributed by atoms with Gasteiger partial charge in [-0.3, -0.25) is 9.69 Å². The maximum atomic E-state index is 11.3. The van der Waals surface area contributed by atoms with Crippen LogP contribution < -0.4 is 11.5 Å². The Morgan fingerprint density at radius 3 is 2.73 bits per heavy atom. The molecule has 15 heavy (non-hydrogen) atoms. The van der Waals surface area contributed by atoms with E-state index >= 15 is 0 Å². The zero-order chi connectivity index (χ0) is 11.4. The highest BCUT2D eigenvalue weighted by Crippen LogP contribution is 2.20. The molecule has 0 saturated carbocycles. The Labute approximate surface area is 96.0 Å². The molecule has 86 valence electrons. The van der Waals surface area contributed by atoms with Crippen LogP contribution in [0.25, 0.3) is 0 Å². The standard InChI is InChI=1S/C10H19N3OS/c1-7(6-9(11)15)13-5-3-2-4-8(13)10(12)14/h7-8H,2-6H2,1H3,(H2,11,15)(H2,12,14). The first-order valence-electron chi connectivity index (χ1n) is 5.35. The molecule has 2 atom stereocenters. The van der Waals surface area contributed by atoms with Gasteiger partial charge >= 0.3 is 0 Å². The molecule has 5 heteroatoms. The van der Waals surface area contributed by atoms with E-state index in [0.29, 0.717) is 11.4 Å². The van der Waals surface area contributed by atoms with Crippen LogP contribution in [-0.4, -0.2) is 34.4 Å². The monoisotopic (exact) mass is 229 g/mol. The minimum Gasteiger partial charge on any atom is -0.393 e. The molecule has 0 aromatic carbocycles. The number of piperidine rings is 1. The zero-order valence-corrected chi connectivity index (χ0v) is 9.93. The second-order valence-electron chi connectivity index (χ2n) is 4.17. The predicted molar refractivity (Wildman–Crippen MR) is 64.4 cm³/mol. The number of thiocarbonyl (C=S) groups is 1. The molecular weight excluding hydrogens is 210 g/mol. The summed E-state index contributed by atoms with van der Waals surface area (Å²) in [5.41, 5.74) is 10.9. The lowest BCUT2D eigenvalue weighted by molar-refractivity contribution is -0.125. The summed E-state index contributed by atoms with van der Waals surface area (Å²) in [5, 5.41) is 0. The van der Waals surface area contributed by atoms with Gasteiger partial charge in [0.25, 0.3) is 0 Å². The lowest BCUT2D eigenvalue weighted by Crippen LogP contribution is -2.52. The van der Waals surface area contributed by atoms with Crippen molar-refractivity contribution in [1.82, 2.24) is 4.90 Å². The van der Waals surface area contributed by atoms with Gasteiger partial charge in [0, 0.05) is 12.5 Å². The summed E-state index contributed by atoms with van der Waals surface area (Å²) in [6, 6.07) is 0.0726. The molecule has 0 aromatic heterocycles. The van der Waals surface area contributed by atoms with Crippen molar-refractivity contribution in [3.8, 4) is 0 Å². The smallest absolute Gasteiger partial charge is 0.234 e. The molecule has 1 heterocycles. The topological polar surface area (TPSA) is 72.3 Å².